The van der Waals surface area contributed by atoms with Crippen LogP contribution in [0.2, 0.25) is 0 Å². The van der Waals surface area contributed by atoms with Gasteiger partial charge >= 0.3 is 79.8 Å². The molecule has 0 aliphatic carbocycles. The van der Waals surface area contributed by atoms with E-state index >= 15 is 0 Å². The van der Waals surface area contributed by atoms with Crippen molar-refractivity contribution in [3.8, 4) is 5.75 Å². The van der Waals surface area contributed by atoms with Crippen molar-refractivity contribution in [2.75, 3.05) is 11.5 Å². The van der Waals surface area contributed by atoms with E-state index in [2.05, 4.69) is 12.1 Å². The summed E-state index contributed by atoms with van der Waals surface area (Å²) < 4.78 is 7.04. The molecule has 1 nitrogen and oxygen atoms in total. The Hall–Kier alpha value is -0.0277. The Morgan fingerprint density at radius 1 is 1.36 bits per heavy atom. The molecule has 0 radical (unpaired) electrons. The molecule has 0 fully saturated rings. The number of hydrogen-bond acceptors (Lipinski definition) is 1. The maximum atomic E-state index is 5.60. The monoisotopic (exact) mass is 262 g/mol. The maximum absolute atomic E-state index is 5.60. The number of methoxy groups -OCH3 is 1. The van der Waals surface area contributed by atoms with E-state index in [1.54, 1.807) is 7.11 Å². The van der Waals surface area contributed by atoms with Crippen LogP contribution in [-0.4, -0.2) is 11.5 Å². The molecule has 0 aliphatic rings. The molecule has 0 saturated heterocycles. The van der Waals surface area contributed by atoms with Gasteiger partial charge in [-0.25, -0.2) is 0 Å². The molecular formula is C8H9ClOPd. The third kappa shape index (κ3) is 2.83. The molecule has 0 saturated carbocycles. The molecule has 0 unspecified atom stereocenters. The number of hydrogen-bond donors (Lipinski definition) is 0. The summed E-state index contributed by atoms with van der Waals surface area (Å²) in [5.74, 6) is 0.900. The molecule has 0 heterocycles. The predicted octanol–water partition coefficient (Wildman–Crippen LogP) is 1.60. The molecule has 1 aromatic rings. The van der Waals surface area contributed by atoms with Gasteiger partial charge in [0.25, 0.3) is 0 Å². The Balaban J connectivity index is 2.66. The number of halogens is 1. The summed E-state index contributed by atoms with van der Waals surface area (Å²) >= 11 is 6.11. The van der Waals surface area contributed by atoms with Crippen LogP contribution in [0.15, 0.2) is 24.3 Å². The molecule has 11 heavy (non-hydrogen) atoms. The van der Waals surface area contributed by atoms with Crippen molar-refractivity contribution in [1.29, 1.82) is 0 Å². The summed E-state index contributed by atoms with van der Waals surface area (Å²) in [6.45, 7) is 0. The van der Waals surface area contributed by atoms with Crippen molar-refractivity contribution in [3.63, 3.8) is 0 Å². The first kappa shape index (κ1) is 9.06. The molecule has 3 heteroatoms. The van der Waals surface area contributed by atoms with Crippen LogP contribution in [0.25, 0.3) is 0 Å². The first-order valence-electron chi connectivity index (χ1n) is 3.08. The van der Waals surface area contributed by atoms with Crippen LogP contribution in [0.5, 0.6) is 5.75 Å². The van der Waals surface area contributed by atoms with E-state index in [0.29, 0.717) is 18.0 Å². The topological polar surface area (TPSA) is 9.23 Å². The molecule has 0 N–H and O–H groups in total. The first-order chi connectivity index (χ1) is 5.36. The third-order valence-corrected chi connectivity index (χ3v) is 3.06. The number of benzene rings is 1. The van der Waals surface area contributed by atoms with E-state index in [1.165, 1.54) is 4.04 Å². The molecule has 0 spiro atoms. The van der Waals surface area contributed by atoms with E-state index in [-0.39, 0.29) is 0 Å². The Kier molecular flexibility index (Phi) is 3.93. The normalized spacial score (nSPS) is 10.0. The van der Waals surface area contributed by atoms with Gasteiger partial charge in [0.05, 0.1) is 0 Å². The summed E-state index contributed by atoms with van der Waals surface area (Å²) in [5, 5.41) is 0. The Labute approximate surface area is 79.9 Å². The zero-order valence-corrected chi connectivity index (χ0v) is 8.43. The third-order valence-electron chi connectivity index (χ3n) is 1.20. The zero-order chi connectivity index (χ0) is 8.10. The molecule has 0 atom stereocenters. The van der Waals surface area contributed by atoms with Crippen molar-refractivity contribution in [1.82, 2.24) is 0 Å². The predicted molar refractivity (Wildman–Crippen MR) is 43.3 cm³/mol. The number of alkyl halides is 1. The molecule has 0 bridgehead atoms. The summed E-state index contributed by atoms with van der Waals surface area (Å²) in [7, 11) is 1.67. The standard InChI is InChI=1S/C7H7O.CH2Cl.Pd/c1-8-7-5-3-2-4-6-7;1-2;/h3-6H,1H3;1H2;. The summed E-state index contributed by atoms with van der Waals surface area (Å²) in [5.41, 5.74) is 0. The van der Waals surface area contributed by atoms with Crippen molar-refractivity contribution in [2.45, 2.75) is 0 Å². The summed E-state index contributed by atoms with van der Waals surface area (Å²) in [4.78, 5) is 0. The molecular weight excluding hydrogens is 254 g/mol. The Morgan fingerprint density at radius 3 is 2.45 bits per heavy atom. The van der Waals surface area contributed by atoms with E-state index in [4.69, 9.17) is 16.3 Å². The van der Waals surface area contributed by atoms with Crippen LogP contribution in [0.3, 0.4) is 0 Å². The van der Waals surface area contributed by atoms with Gasteiger partial charge in [0.1, 0.15) is 0 Å². The molecule has 1 rings (SSSR count). The molecule has 0 aromatic heterocycles. The van der Waals surface area contributed by atoms with Crippen molar-refractivity contribution < 1.29 is 22.7 Å². The second-order valence-corrected chi connectivity index (χ2v) is 4.68. The van der Waals surface area contributed by atoms with Crippen molar-refractivity contribution in [3.05, 3.63) is 24.3 Å². The fraction of sp³-hybridized carbons (Fsp3) is 0.250. The van der Waals surface area contributed by atoms with Crippen LogP contribution >= 0.6 is 11.6 Å². The van der Waals surface area contributed by atoms with Gasteiger partial charge in [0, 0.05) is 0 Å². The van der Waals surface area contributed by atoms with Crippen LogP contribution < -0.4 is 8.77 Å². The van der Waals surface area contributed by atoms with E-state index in [9.17, 15) is 0 Å². The second-order valence-electron chi connectivity index (χ2n) is 1.82. The second kappa shape index (κ2) is 4.77. The fourth-order valence-electron chi connectivity index (χ4n) is 0.684. The number of rotatable bonds is 3. The summed E-state index contributed by atoms with van der Waals surface area (Å²) in [6, 6.07) is 8.02. The van der Waals surface area contributed by atoms with Crippen LogP contribution in [0.1, 0.15) is 0 Å². The minimum absolute atomic E-state index is 0.513. The van der Waals surface area contributed by atoms with E-state index < -0.39 is 0 Å². The molecule has 1 aromatic carbocycles. The van der Waals surface area contributed by atoms with Crippen molar-refractivity contribution >= 4 is 15.6 Å². The van der Waals surface area contributed by atoms with Crippen molar-refractivity contribution in [2.24, 2.45) is 0 Å². The van der Waals surface area contributed by atoms with Gasteiger partial charge in [-0.1, -0.05) is 0 Å². The average molecular weight is 263 g/mol. The number of ether oxygens (including phenoxy) is 1. The van der Waals surface area contributed by atoms with E-state index in [0.717, 1.165) is 10.1 Å². The quantitative estimate of drug-likeness (QED) is 0.594. The van der Waals surface area contributed by atoms with Crippen LogP contribution in [-0.2, 0) is 18.0 Å². The van der Waals surface area contributed by atoms with Gasteiger partial charge in [-0.15, -0.1) is 0 Å². The van der Waals surface area contributed by atoms with E-state index in [1.807, 2.05) is 12.1 Å². The van der Waals surface area contributed by atoms with Gasteiger partial charge in [0.15, 0.2) is 0 Å². The Morgan fingerprint density at radius 2 is 2.00 bits per heavy atom. The van der Waals surface area contributed by atoms with Gasteiger partial charge in [-0.3, -0.25) is 0 Å². The average Bonchev–Trinajstić information content (AvgIpc) is 2.07. The van der Waals surface area contributed by atoms with Gasteiger partial charge < -0.3 is 0 Å². The Bertz CT molecular complexity index is 210. The van der Waals surface area contributed by atoms with Gasteiger partial charge in [-0.05, 0) is 0 Å². The molecule has 64 valence electrons. The molecule has 0 aliphatic heterocycles. The fourth-order valence-corrected chi connectivity index (χ4v) is 2.13. The first-order valence-corrected chi connectivity index (χ1v) is 5.49. The minimum atomic E-state index is 0.513. The summed E-state index contributed by atoms with van der Waals surface area (Å²) in [6.07, 6.45) is 0. The SMILES string of the molecule is COc1cc[c]([Pd][CH2]Cl)cc1. The zero-order valence-electron chi connectivity index (χ0n) is 6.12. The van der Waals surface area contributed by atoms with Gasteiger partial charge in [0.2, 0.25) is 0 Å². The van der Waals surface area contributed by atoms with Crippen LogP contribution in [0, 0.1) is 0 Å². The van der Waals surface area contributed by atoms with Gasteiger partial charge in [-0.2, -0.15) is 0 Å². The molecule has 0 amide bonds. The van der Waals surface area contributed by atoms with Crippen LogP contribution in [0.4, 0.5) is 0 Å².